The fourth-order valence-corrected chi connectivity index (χ4v) is 2.83. The van der Waals surface area contributed by atoms with Crippen molar-refractivity contribution in [2.75, 3.05) is 18.0 Å². The van der Waals surface area contributed by atoms with Crippen LogP contribution in [0.1, 0.15) is 19.4 Å². The molecule has 112 valence electrons. The largest absolute Gasteiger partial charge is 0.399 e. The summed E-state index contributed by atoms with van der Waals surface area (Å²) in [6.07, 6.45) is 0.206. The van der Waals surface area contributed by atoms with Gasteiger partial charge >= 0.3 is 0 Å². The third kappa shape index (κ3) is 6.53. The third-order valence-electron chi connectivity index (χ3n) is 2.45. The molecule has 0 bridgehead atoms. The summed E-state index contributed by atoms with van der Waals surface area (Å²) >= 11 is 0. The molecule has 6 nitrogen and oxygen atoms in total. The highest BCUT2D eigenvalue weighted by atomic mass is 32.2. The highest BCUT2D eigenvalue weighted by Crippen LogP contribution is 2.05. The van der Waals surface area contributed by atoms with Gasteiger partial charge in [-0.1, -0.05) is 12.1 Å². The van der Waals surface area contributed by atoms with Crippen LogP contribution in [-0.4, -0.2) is 32.7 Å². The van der Waals surface area contributed by atoms with Gasteiger partial charge in [-0.05, 0) is 31.5 Å². The quantitative estimate of drug-likeness (QED) is 0.628. The Hall–Kier alpha value is -1.60. The number of anilines is 1. The molecule has 7 heteroatoms. The summed E-state index contributed by atoms with van der Waals surface area (Å²) in [7, 11) is -3.34. The molecule has 0 heterocycles. The van der Waals surface area contributed by atoms with E-state index in [1.165, 1.54) is 0 Å². The molecule has 4 N–H and O–H groups in total. The van der Waals surface area contributed by atoms with Crippen molar-refractivity contribution in [1.82, 2.24) is 10.0 Å². The summed E-state index contributed by atoms with van der Waals surface area (Å²) in [5.74, 6) is -0.340. The average Bonchev–Trinajstić information content (AvgIpc) is 2.30. The molecular formula is C13H21N3O3S. The van der Waals surface area contributed by atoms with E-state index in [-0.39, 0.29) is 30.7 Å². The van der Waals surface area contributed by atoms with E-state index in [4.69, 9.17) is 5.73 Å². The molecule has 1 aromatic rings. The molecule has 1 amide bonds. The Labute approximate surface area is 119 Å². The summed E-state index contributed by atoms with van der Waals surface area (Å²) in [6, 6.07) is 6.84. The zero-order valence-corrected chi connectivity index (χ0v) is 12.5. The number of benzene rings is 1. The van der Waals surface area contributed by atoms with Crippen molar-refractivity contribution < 1.29 is 13.2 Å². The van der Waals surface area contributed by atoms with Crippen LogP contribution in [0, 0.1) is 0 Å². The van der Waals surface area contributed by atoms with Crippen LogP contribution in [0.25, 0.3) is 0 Å². The van der Waals surface area contributed by atoms with Gasteiger partial charge in [0.25, 0.3) is 0 Å². The minimum atomic E-state index is -3.34. The molecule has 0 aliphatic heterocycles. The van der Waals surface area contributed by atoms with Crippen LogP contribution in [0.3, 0.4) is 0 Å². The molecule has 0 spiro atoms. The van der Waals surface area contributed by atoms with E-state index in [0.29, 0.717) is 5.69 Å². The molecule has 0 saturated heterocycles. The van der Waals surface area contributed by atoms with Gasteiger partial charge in [-0.2, -0.15) is 0 Å². The summed E-state index contributed by atoms with van der Waals surface area (Å²) in [6.45, 7) is 3.59. The number of hydrogen-bond donors (Lipinski definition) is 3. The van der Waals surface area contributed by atoms with Gasteiger partial charge in [0.1, 0.15) is 0 Å². The van der Waals surface area contributed by atoms with E-state index in [1.54, 1.807) is 38.1 Å². The Morgan fingerprint density at radius 3 is 2.40 bits per heavy atom. The lowest BCUT2D eigenvalue weighted by Gasteiger charge is -2.10. The Morgan fingerprint density at radius 2 is 1.85 bits per heavy atom. The lowest BCUT2D eigenvalue weighted by molar-refractivity contribution is -0.120. The maximum atomic E-state index is 11.6. The lowest BCUT2D eigenvalue weighted by atomic mass is 10.1. The molecule has 0 saturated carbocycles. The van der Waals surface area contributed by atoms with E-state index in [2.05, 4.69) is 10.0 Å². The molecule has 0 radical (unpaired) electrons. The normalized spacial score (nSPS) is 11.6. The van der Waals surface area contributed by atoms with Crippen LogP contribution in [0.4, 0.5) is 5.69 Å². The van der Waals surface area contributed by atoms with Crippen LogP contribution in [-0.2, 0) is 21.2 Å². The molecule has 0 aliphatic carbocycles. The van der Waals surface area contributed by atoms with Crippen molar-refractivity contribution in [1.29, 1.82) is 0 Å². The van der Waals surface area contributed by atoms with Gasteiger partial charge in [-0.3, -0.25) is 4.79 Å². The molecule has 1 rings (SSSR count). The molecule has 1 aromatic carbocycles. The number of nitrogens with two attached hydrogens (primary N) is 1. The molecule has 0 unspecified atom stereocenters. The summed E-state index contributed by atoms with van der Waals surface area (Å²) < 4.78 is 25.5. The number of nitrogen functional groups attached to an aromatic ring is 1. The minimum absolute atomic E-state index is 0.0931. The van der Waals surface area contributed by atoms with Crippen molar-refractivity contribution >= 4 is 21.6 Å². The zero-order valence-electron chi connectivity index (χ0n) is 11.7. The van der Waals surface area contributed by atoms with Gasteiger partial charge in [-0.15, -0.1) is 0 Å². The molecular weight excluding hydrogens is 278 g/mol. The fourth-order valence-electron chi connectivity index (χ4n) is 1.63. The second-order valence-electron chi connectivity index (χ2n) is 4.86. The van der Waals surface area contributed by atoms with E-state index in [1.807, 2.05) is 0 Å². The first-order valence-electron chi connectivity index (χ1n) is 6.39. The minimum Gasteiger partial charge on any atom is -0.399 e. The molecule has 0 fully saturated rings. The highest BCUT2D eigenvalue weighted by molar-refractivity contribution is 7.89. The number of amides is 1. The Kier molecular flexibility index (Phi) is 5.97. The van der Waals surface area contributed by atoms with Crippen LogP contribution >= 0.6 is 0 Å². The zero-order chi connectivity index (χ0) is 15.2. The van der Waals surface area contributed by atoms with Crippen molar-refractivity contribution in [3.05, 3.63) is 29.8 Å². The van der Waals surface area contributed by atoms with Crippen LogP contribution in [0.5, 0.6) is 0 Å². The summed E-state index contributed by atoms with van der Waals surface area (Å²) in [4.78, 5) is 11.6. The van der Waals surface area contributed by atoms with Crippen molar-refractivity contribution in [2.45, 2.75) is 26.3 Å². The molecule has 0 aliphatic rings. The first-order chi connectivity index (χ1) is 9.28. The SMILES string of the molecule is CC(C)NS(=O)(=O)CCNC(=O)Cc1ccc(N)cc1. The van der Waals surface area contributed by atoms with Crippen molar-refractivity contribution in [3.63, 3.8) is 0 Å². The highest BCUT2D eigenvalue weighted by Gasteiger charge is 2.12. The molecule has 0 atom stereocenters. The van der Waals surface area contributed by atoms with Gasteiger partial charge in [0.2, 0.25) is 15.9 Å². The number of carbonyl (C=O) groups is 1. The van der Waals surface area contributed by atoms with Crippen LogP contribution in [0.15, 0.2) is 24.3 Å². The lowest BCUT2D eigenvalue weighted by Crippen LogP contribution is -2.37. The monoisotopic (exact) mass is 299 g/mol. The van der Waals surface area contributed by atoms with E-state index >= 15 is 0 Å². The Bertz CT molecular complexity index is 538. The van der Waals surface area contributed by atoms with Gasteiger partial charge in [0.05, 0.1) is 12.2 Å². The van der Waals surface area contributed by atoms with Gasteiger partial charge < -0.3 is 11.1 Å². The smallest absolute Gasteiger partial charge is 0.224 e. The number of carbonyl (C=O) groups excluding carboxylic acids is 1. The van der Waals surface area contributed by atoms with E-state index in [0.717, 1.165) is 5.56 Å². The number of hydrogen-bond acceptors (Lipinski definition) is 4. The standard InChI is InChI=1S/C13H21N3O3S/c1-10(2)16-20(18,19)8-7-15-13(17)9-11-3-5-12(14)6-4-11/h3-6,10,16H,7-9,14H2,1-2H3,(H,15,17). The average molecular weight is 299 g/mol. The molecule has 0 aromatic heterocycles. The maximum absolute atomic E-state index is 11.6. The predicted octanol–water partition coefficient (Wildman–Crippen LogP) is 0.255. The number of sulfonamides is 1. The second kappa shape index (κ2) is 7.25. The van der Waals surface area contributed by atoms with Crippen molar-refractivity contribution in [2.24, 2.45) is 0 Å². The van der Waals surface area contributed by atoms with Crippen LogP contribution < -0.4 is 15.8 Å². The van der Waals surface area contributed by atoms with Crippen molar-refractivity contribution in [3.8, 4) is 0 Å². The summed E-state index contributed by atoms with van der Waals surface area (Å²) in [5, 5.41) is 2.59. The summed E-state index contributed by atoms with van der Waals surface area (Å²) in [5.41, 5.74) is 7.02. The van der Waals surface area contributed by atoms with E-state index in [9.17, 15) is 13.2 Å². The van der Waals surface area contributed by atoms with Gasteiger partial charge in [-0.25, -0.2) is 13.1 Å². The first kappa shape index (κ1) is 16.5. The topological polar surface area (TPSA) is 101 Å². The van der Waals surface area contributed by atoms with Gasteiger partial charge in [0, 0.05) is 18.3 Å². The predicted molar refractivity (Wildman–Crippen MR) is 79.6 cm³/mol. The van der Waals surface area contributed by atoms with Crippen LogP contribution in [0.2, 0.25) is 0 Å². The Balaban J connectivity index is 2.35. The first-order valence-corrected chi connectivity index (χ1v) is 8.05. The maximum Gasteiger partial charge on any atom is 0.224 e. The fraction of sp³-hybridized carbons (Fsp3) is 0.462. The molecule has 20 heavy (non-hydrogen) atoms. The third-order valence-corrected chi connectivity index (χ3v) is 4.02. The van der Waals surface area contributed by atoms with E-state index < -0.39 is 10.0 Å². The number of rotatable bonds is 7. The van der Waals surface area contributed by atoms with Gasteiger partial charge in [0.15, 0.2) is 0 Å². The Morgan fingerprint density at radius 1 is 1.25 bits per heavy atom. The number of nitrogens with one attached hydrogen (secondary N) is 2. The second-order valence-corrected chi connectivity index (χ2v) is 6.73.